The Bertz CT molecular complexity index is 779. The van der Waals surface area contributed by atoms with Gasteiger partial charge in [0.1, 0.15) is 5.82 Å². The quantitative estimate of drug-likeness (QED) is 0.906. The maximum Gasteiger partial charge on any atom is 0.262 e. The van der Waals surface area contributed by atoms with E-state index in [1.165, 1.54) is 6.07 Å². The Labute approximate surface area is 127 Å². The summed E-state index contributed by atoms with van der Waals surface area (Å²) in [5, 5.41) is -0.160. The molecular weight excluding hydrogens is 315 g/mol. The number of halogens is 2. The fraction of sp³-hybridized carbons (Fsp3) is 0.143. The highest BCUT2D eigenvalue weighted by atomic mass is 35.5. The third kappa shape index (κ3) is 3.53. The van der Waals surface area contributed by atoms with Gasteiger partial charge in [0.2, 0.25) is 0 Å². The molecule has 4 nitrogen and oxygen atoms in total. The highest BCUT2D eigenvalue weighted by Crippen LogP contribution is 2.25. The second-order valence-corrected chi connectivity index (χ2v) is 6.62. The predicted octanol–water partition coefficient (Wildman–Crippen LogP) is 3.05. The van der Waals surface area contributed by atoms with Gasteiger partial charge in [-0.1, -0.05) is 23.7 Å². The molecule has 21 heavy (non-hydrogen) atoms. The Kier molecular flexibility index (Phi) is 4.51. The molecule has 3 N–H and O–H groups in total. The fourth-order valence-corrected chi connectivity index (χ4v) is 3.14. The zero-order valence-electron chi connectivity index (χ0n) is 11.2. The van der Waals surface area contributed by atoms with E-state index in [-0.39, 0.29) is 22.0 Å². The van der Waals surface area contributed by atoms with Crippen LogP contribution in [0.4, 0.5) is 10.1 Å². The Morgan fingerprint density at radius 2 is 2.00 bits per heavy atom. The van der Waals surface area contributed by atoms with Crippen molar-refractivity contribution in [3.05, 3.63) is 58.4 Å². The lowest BCUT2D eigenvalue weighted by molar-refractivity contribution is 0.594. The zero-order valence-corrected chi connectivity index (χ0v) is 12.8. The number of aryl methyl sites for hydroxylation is 1. The zero-order chi connectivity index (χ0) is 15.6. The molecule has 0 heterocycles. The largest absolute Gasteiger partial charge is 0.326 e. The summed E-state index contributed by atoms with van der Waals surface area (Å²) in [6.07, 6.45) is 0. The number of hydrogen-bond acceptors (Lipinski definition) is 3. The number of hydrogen-bond donors (Lipinski definition) is 2. The molecule has 0 radical (unpaired) electrons. The summed E-state index contributed by atoms with van der Waals surface area (Å²) in [5.74, 6) is -0.816. The van der Waals surface area contributed by atoms with Gasteiger partial charge in [0.05, 0.1) is 9.92 Å². The molecule has 0 saturated heterocycles. The predicted molar refractivity (Wildman–Crippen MR) is 81.3 cm³/mol. The van der Waals surface area contributed by atoms with Gasteiger partial charge in [0, 0.05) is 12.2 Å². The van der Waals surface area contributed by atoms with E-state index in [1.54, 1.807) is 18.2 Å². The number of anilines is 1. The molecular formula is C14H14ClFN2O2S. The summed E-state index contributed by atoms with van der Waals surface area (Å²) in [5.41, 5.74) is 6.98. The molecule has 112 valence electrons. The van der Waals surface area contributed by atoms with E-state index < -0.39 is 15.8 Å². The van der Waals surface area contributed by atoms with Crippen molar-refractivity contribution < 1.29 is 12.8 Å². The van der Waals surface area contributed by atoms with Crippen LogP contribution in [0.25, 0.3) is 0 Å². The number of rotatable bonds is 4. The lowest BCUT2D eigenvalue weighted by Crippen LogP contribution is -2.14. The smallest absolute Gasteiger partial charge is 0.262 e. The van der Waals surface area contributed by atoms with Crippen LogP contribution in [-0.2, 0) is 16.6 Å². The molecule has 0 bridgehead atoms. The Balaban J connectivity index is 2.42. The van der Waals surface area contributed by atoms with Crippen molar-refractivity contribution in [1.82, 2.24) is 0 Å². The first-order chi connectivity index (χ1) is 9.83. The van der Waals surface area contributed by atoms with Gasteiger partial charge in [-0.15, -0.1) is 0 Å². The minimum Gasteiger partial charge on any atom is -0.326 e. The summed E-state index contributed by atoms with van der Waals surface area (Å²) in [6.45, 7) is 1.79. The topological polar surface area (TPSA) is 72.2 Å². The fourth-order valence-electron chi connectivity index (χ4n) is 1.84. The normalized spacial score (nSPS) is 11.4. The summed E-state index contributed by atoms with van der Waals surface area (Å²) in [6, 6.07) is 8.99. The van der Waals surface area contributed by atoms with Crippen molar-refractivity contribution in [3.8, 4) is 0 Å². The van der Waals surface area contributed by atoms with Gasteiger partial charge in [0.15, 0.2) is 0 Å². The van der Waals surface area contributed by atoms with Crippen LogP contribution in [0.1, 0.15) is 11.1 Å². The first-order valence-electron chi connectivity index (χ1n) is 6.11. The SMILES string of the molecule is Cc1cccc(NS(=O)(=O)c2cc(F)c(Cl)c(CN)c2)c1. The number of nitrogens with two attached hydrogens (primary N) is 1. The van der Waals surface area contributed by atoms with Gasteiger partial charge in [-0.2, -0.15) is 0 Å². The van der Waals surface area contributed by atoms with E-state index in [1.807, 2.05) is 13.0 Å². The Morgan fingerprint density at radius 1 is 1.29 bits per heavy atom. The number of benzene rings is 2. The lowest BCUT2D eigenvalue weighted by atomic mass is 10.2. The van der Waals surface area contributed by atoms with Gasteiger partial charge in [-0.25, -0.2) is 12.8 Å². The Hall–Kier alpha value is -1.63. The Morgan fingerprint density at radius 3 is 2.62 bits per heavy atom. The van der Waals surface area contributed by atoms with Gasteiger partial charge >= 0.3 is 0 Å². The van der Waals surface area contributed by atoms with Crippen LogP contribution < -0.4 is 10.5 Å². The highest BCUT2D eigenvalue weighted by Gasteiger charge is 2.18. The average Bonchev–Trinajstić information content (AvgIpc) is 2.41. The minimum absolute atomic E-state index is 0.0520. The molecule has 0 aliphatic rings. The molecule has 7 heteroatoms. The minimum atomic E-state index is -3.91. The van der Waals surface area contributed by atoms with Crippen molar-refractivity contribution in [2.24, 2.45) is 5.73 Å². The van der Waals surface area contributed by atoms with Gasteiger partial charge in [0.25, 0.3) is 10.0 Å². The third-order valence-electron chi connectivity index (χ3n) is 2.88. The van der Waals surface area contributed by atoms with Crippen LogP contribution in [0.2, 0.25) is 5.02 Å². The summed E-state index contributed by atoms with van der Waals surface area (Å²) in [4.78, 5) is -0.216. The molecule has 0 aromatic heterocycles. The van der Waals surface area contributed by atoms with Crippen LogP contribution in [0.5, 0.6) is 0 Å². The van der Waals surface area contributed by atoms with E-state index >= 15 is 0 Å². The standard InChI is InChI=1S/C14H14ClFN2O2S/c1-9-3-2-4-11(5-9)18-21(19,20)12-6-10(8-17)14(15)13(16)7-12/h2-7,18H,8,17H2,1H3. The summed E-state index contributed by atoms with van der Waals surface area (Å²) >= 11 is 5.73. The van der Waals surface area contributed by atoms with Gasteiger partial charge in [-0.3, -0.25) is 4.72 Å². The molecule has 0 aliphatic carbocycles. The van der Waals surface area contributed by atoms with Crippen LogP contribution in [0.15, 0.2) is 41.3 Å². The molecule has 0 saturated carbocycles. The van der Waals surface area contributed by atoms with E-state index in [9.17, 15) is 12.8 Å². The third-order valence-corrected chi connectivity index (χ3v) is 4.66. The van der Waals surface area contributed by atoms with Crippen LogP contribution >= 0.6 is 11.6 Å². The molecule has 2 rings (SSSR count). The van der Waals surface area contributed by atoms with Crippen molar-refractivity contribution in [3.63, 3.8) is 0 Å². The second-order valence-electron chi connectivity index (χ2n) is 4.56. The number of sulfonamides is 1. The molecule has 0 amide bonds. The molecule has 2 aromatic carbocycles. The highest BCUT2D eigenvalue weighted by molar-refractivity contribution is 7.92. The summed E-state index contributed by atoms with van der Waals surface area (Å²) in [7, 11) is -3.91. The summed E-state index contributed by atoms with van der Waals surface area (Å²) < 4.78 is 40.6. The van der Waals surface area contributed by atoms with E-state index in [0.717, 1.165) is 11.6 Å². The van der Waals surface area contributed by atoms with Crippen molar-refractivity contribution in [1.29, 1.82) is 0 Å². The van der Waals surface area contributed by atoms with Crippen molar-refractivity contribution >= 4 is 27.3 Å². The molecule has 2 aromatic rings. The molecule has 0 atom stereocenters. The molecule has 0 aliphatic heterocycles. The molecule has 0 spiro atoms. The average molecular weight is 329 g/mol. The van der Waals surface area contributed by atoms with Crippen molar-refractivity contribution in [2.45, 2.75) is 18.4 Å². The first kappa shape index (κ1) is 15.8. The molecule has 0 fully saturated rings. The van der Waals surface area contributed by atoms with Gasteiger partial charge in [-0.05, 0) is 42.3 Å². The van der Waals surface area contributed by atoms with Crippen LogP contribution in [0, 0.1) is 12.7 Å². The van der Waals surface area contributed by atoms with Crippen LogP contribution in [0.3, 0.4) is 0 Å². The molecule has 0 unspecified atom stereocenters. The van der Waals surface area contributed by atoms with Crippen molar-refractivity contribution in [2.75, 3.05) is 4.72 Å². The lowest BCUT2D eigenvalue weighted by Gasteiger charge is -2.11. The van der Waals surface area contributed by atoms with Crippen LogP contribution in [-0.4, -0.2) is 8.42 Å². The second kappa shape index (κ2) is 6.01. The maximum atomic E-state index is 13.7. The van der Waals surface area contributed by atoms with E-state index in [2.05, 4.69) is 4.72 Å². The van der Waals surface area contributed by atoms with E-state index in [0.29, 0.717) is 5.69 Å². The van der Waals surface area contributed by atoms with Gasteiger partial charge < -0.3 is 5.73 Å². The van der Waals surface area contributed by atoms with E-state index in [4.69, 9.17) is 17.3 Å². The maximum absolute atomic E-state index is 13.7. The monoisotopic (exact) mass is 328 g/mol. The number of nitrogens with one attached hydrogen (secondary N) is 1. The first-order valence-corrected chi connectivity index (χ1v) is 7.97.